The van der Waals surface area contributed by atoms with Gasteiger partial charge in [0.15, 0.2) is 5.82 Å². The van der Waals surface area contributed by atoms with Gasteiger partial charge in [0.25, 0.3) is 5.78 Å². The van der Waals surface area contributed by atoms with Crippen LogP contribution in [-0.2, 0) is 11.3 Å². The topological polar surface area (TPSA) is 125 Å². The van der Waals surface area contributed by atoms with Crippen LogP contribution < -0.4 is 15.8 Å². The van der Waals surface area contributed by atoms with Crippen molar-refractivity contribution in [3.63, 3.8) is 0 Å². The minimum Gasteiger partial charge on any atom is -0.491 e. The lowest BCUT2D eigenvalue weighted by molar-refractivity contribution is -0.119. The zero-order chi connectivity index (χ0) is 20.2. The zero-order valence-corrected chi connectivity index (χ0v) is 16.2. The number of nitrogens with zero attached hydrogens (tertiary/aromatic N) is 6. The van der Waals surface area contributed by atoms with E-state index in [1.807, 2.05) is 24.4 Å². The fourth-order valence-electron chi connectivity index (χ4n) is 4.11. The number of imidazole rings is 1. The Hall–Kier alpha value is -3.69. The number of fused-ring (bicyclic) bond motifs is 1. The van der Waals surface area contributed by atoms with E-state index in [4.69, 9.17) is 15.5 Å². The summed E-state index contributed by atoms with van der Waals surface area (Å²) in [5.74, 6) is 1.99. The molecule has 3 N–H and O–H groups in total. The maximum absolute atomic E-state index is 11.9. The summed E-state index contributed by atoms with van der Waals surface area (Å²) in [6, 6.07) is 5.39. The van der Waals surface area contributed by atoms with E-state index < -0.39 is 0 Å². The van der Waals surface area contributed by atoms with Gasteiger partial charge >= 0.3 is 0 Å². The molecular weight excluding hydrogens is 384 g/mol. The number of carbonyl (C=O) groups is 1. The van der Waals surface area contributed by atoms with Crippen LogP contribution >= 0.6 is 0 Å². The van der Waals surface area contributed by atoms with Crippen molar-refractivity contribution in [2.45, 2.75) is 31.8 Å². The molecule has 10 heteroatoms. The molecule has 0 radical (unpaired) electrons. The van der Waals surface area contributed by atoms with Crippen molar-refractivity contribution < 1.29 is 9.53 Å². The van der Waals surface area contributed by atoms with Crippen LogP contribution in [0.1, 0.15) is 19.3 Å². The molecule has 30 heavy (non-hydrogen) atoms. The molecular formula is C20H20N8O2. The monoisotopic (exact) mass is 404 g/mol. The largest absolute Gasteiger partial charge is 0.491 e. The predicted octanol–water partition coefficient (Wildman–Crippen LogP) is 1.60. The number of carbonyl (C=O) groups excluding carboxylic acids is 1. The summed E-state index contributed by atoms with van der Waals surface area (Å²) in [4.78, 5) is 25.5. The van der Waals surface area contributed by atoms with E-state index in [0.717, 1.165) is 59.8 Å². The Kier molecular flexibility index (Phi) is 3.67. The lowest BCUT2D eigenvalue weighted by Crippen LogP contribution is -2.37. The summed E-state index contributed by atoms with van der Waals surface area (Å²) in [5.41, 5.74) is 8.84. The number of nitrogens with one attached hydrogen (secondary N) is 1. The Balaban J connectivity index is 1.48. The summed E-state index contributed by atoms with van der Waals surface area (Å²) in [6.45, 7) is 1.38. The van der Waals surface area contributed by atoms with Crippen LogP contribution in [-0.4, -0.2) is 47.7 Å². The Bertz CT molecular complexity index is 1290. The second-order valence-corrected chi connectivity index (χ2v) is 7.81. The van der Waals surface area contributed by atoms with Gasteiger partial charge < -0.3 is 20.4 Å². The van der Waals surface area contributed by atoms with Crippen molar-refractivity contribution in [2.75, 3.05) is 11.9 Å². The van der Waals surface area contributed by atoms with Crippen molar-refractivity contribution in [1.29, 1.82) is 0 Å². The van der Waals surface area contributed by atoms with Crippen molar-refractivity contribution in [3.05, 3.63) is 30.7 Å². The Morgan fingerprint density at radius 1 is 1.30 bits per heavy atom. The first-order valence-corrected chi connectivity index (χ1v) is 10.1. The number of nitrogens with two attached hydrogens (primary N) is 1. The molecule has 0 saturated heterocycles. The van der Waals surface area contributed by atoms with Gasteiger partial charge in [0, 0.05) is 24.5 Å². The summed E-state index contributed by atoms with van der Waals surface area (Å²) in [6.07, 6.45) is 6.19. The van der Waals surface area contributed by atoms with Crippen LogP contribution in [0.15, 0.2) is 30.7 Å². The van der Waals surface area contributed by atoms with Crippen molar-refractivity contribution in [2.24, 2.45) is 11.7 Å². The Morgan fingerprint density at radius 3 is 3.03 bits per heavy atom. The fraction of sp³-hybridized carbons (Fsp3) is 0.350. The van der Waals surface area contributed by atoms with Crippen molar-refractivity contribution in [1.82, 2.24) is 29.1 Å². The smallest absolute Gasteiger partial charge is 0.252 e. The first-order valence-electron chi connectivity index (χ1n) is 10.1. The third-order valence-corrected chi connectivity index (χ3v) is 5.69. The Morgan fingerprint density at radius 2 is 2.20 bits per heavy atom. The molecule has 1 fully saturated rings. The Labute approximate surface area is 171 Å². The minimum absolute atomic E-state index is 0.297. The van der Waals surface area contributed by atoms with E-state index >= 15 is 0 Å². The number of aryl methyl sites for hydroxylation is 1. The molecule has 1 aliphatic heterocycles. The SMILES string of the molecule is NC(=O)[C@@H](Nc1cc2c3c(c1)nc(-c1ccn4ncnc4n1)n3CCCO2)C1CC1. The molecule has 1 saturated carbocycles. The number of hydrogen-bond donors (Lipinski definition) is 2. The highest BCUT2D eigenvalue weighted by atomic mass is 16.5. The van der Waals surface area contributed by atoms with Crippen molar-refractivity contribution in [3.8, 4) is 17.3 Å². The van der Waals surface area contributed by atoms with Gasteiger partial charge in [-0.2, -0.15) is 10.1 Å². The van der Waals surface area contributed by atoms with E-state index in [9.17, 15) is 4.79 Å². The van der Waals surface area contributed by atoms with Gasteiger partial charge in [0.1, 0.15) is 29.3 Å². The van der Waals surface area contributed by atoms with Gasteiger partial charge in [-0.3, -0.25) is 4.79 Å². The molecule has 2 aliphatic rings. The van der Waals surface area contributed by atoms with E-state index in [-0.39, 0.29) is 11.9 Å². The molecule has 1 amide bonds. The molecule has 0 unspecified atom stereocenters. The van der Waals surface area contributed by atoms with Gasteiger partial charge in [0.05, 0.1) is 12.1 Å². The molecule has 1 atom stereocenters. The zero-order valence-electron chi connectivity index (χ0n) is 16.2. The quantitative estimate of drug-likeness (QED) is 0.517. The minimum atomic E-state index is -0.376. The third kappa shape index (κ3) is 2.75. The average molecular weight is 404 g/mol. The van der Waals surface area contributed by atoms with E-state index in [2.05, 4.69) is 25.0 Å². The standard InChI is InChI=1S/C20H20N8O2/c21-18(29)16(11-2-3-11)24-12-8-14-17-15(9-12)30-7-1-5-27(17)19(25-14)13-4-6-28-20(26-13)22-10-23-28/h4,6,8-11,16,24H,1-3,5,7H2,(H2,21,29)/t16-/m0/s1. The molecule has 6 rings (SSSR count). The van der Waals surface area contributed by atoms with Crippen molar-refractivity contribution >= 4 is 28.4 Å². The summed E-state index contributed by atoms with van der Waals surface area (Å²) >= 11 is 0. The number of amides is 1. The summed E-state index contributed by atoms with van der Waals surface area (Å²) in [7, 11) is 0. The van der Waals surface area contributed by atoms with Crippen LogP contribution in [0.2, 0.25) is 0 Å². The highest BCUT2D eigenvalue weighted by Gasteiger charge is 2.35. The van der Waals surface area contributed by atoms with E-state index in [1.54, 1.807) is 4.52 Å². The normalized spacial score (nSPS) is 16.9. The molecule has 4 heterocycles. The second-order valence-electron chi connectivity index (χ2n) is 7.81. The first kappa shape index (κ1) is 17.2. The number of benzene rings is 1. The van der Waals surface area contributed by atoms with E-state index in [1.165, 1.54) is 6.33 Å². The van der Waals surface area contributed by atoms with Crippen LogP contribution in [0.25, 0.3) is 28.3 Å². The van der Waals surface area contributed by atoms with Gasteiger partial charge in [-0.05, 0) is 37.3 Å². The van der Waals surface area contributed by atoms with Crippen LogP contribution in [0.4, 0.5) is 5.69 Å². The number of hydrogen-bond acceptors (Lipinski definition) is 7. The van der Waals surface area contributed by atoms with Crippen LogP contribution in [0.3, 0.4) is 0 Å². The molecule has 4 aromatic rings. The van der Waals surface area contributed by atoms with Gasteiger partial charge in [-0.1, -0.05) is 0 Å². The molecule has 152 valence electrons. The number of anilines is 1. The number of ether oxygens (including phenoxy) is 1. The molecule has 1 aliphatic carbocycles. The predicted molar refractivity (Wildman–Crippen MR) is 109 cm³/mol. The number of rotatable bonds is 5. The van der Waals surface area contributed by atoms with Crippen LogP contribution in [0.5, 0.6) is 5.75 Å². The highest BCUT2D eigenvalue weighted by molar-refractivity contribution is 5.91. The summed E-state index contributed by atoms with van der Waals surface area (Å²) in [5, 5.41) is 7.40. The second kappa shape index (κ2) is 6.41. The number of aromatic nitrogens is 6. The average Bonchev–Trinajstić information content (AvgIpc) is 3.40. The lowest BCUT2D eigenvalue weighted by Gasteiger charge is -2.17. The molecule has 1 aromatic carbocycles. The maximum Gasteiger partial charge on any atom is 0.252 e. The maximum atomic E-state index is 11.9. The summed E-state index contributed by atoms with van der Waals surface area (Å²) < 4.78 is 9.78. The molecule has 3 aromatic heterocycles. The molecule has 0 spiro atoms. The molecule has 10 nitrogen and oxygen atoms in total. The molecule has 0 bridgehead atoms. The first-order chi connectivity index (χ1) is 14.7. The van der Waals surface area contributed by atoms with Gasteiger partial charge in [-0.15, -0.1) is 0 Å². The third-order valence-electron chi connectivity index (χ3n) is 5.69. The highest BCUT2D eigenvalue weighted by Crippen LogP contribution is 2.38. The van der Waals surface area contributed by atoms with Gasteiger partial charge in [0.2, 0.25) is 5.91 Å². The van der Waals surface area contributed by atoms with Gasteiger partial charge in [-0.25, -0.2) is 14.5 Å². The lowest BCUT2D eigenvalue weighted by atomic mass is 10.1. The number of primary amides is 1. The van der Waals surface area contributed by atoms with E-state index in [0.29, 0.717) is 18.3 Å². The fourth-order valence-corrected chi connectivity index (χ4v) is 4.11. The van der Waals surface area contributed by atoms with Crippen LogP contribution in [0, 0.1) is 5.92 Å².